The zero-order valence-electron chi connectivity index (χ0n) is 6.12. The third-order valence-corrected chi connectivity index (χ3v) is 1.39. The Bertz CT molecular complexity index is 301. The highest BCUT2D eigenvalue weighted by molar-refractivity contribution is 9.10. The molecule has 0 aliphatic carbocycles. The number of halogens is 1. The van der Waals surface area contributed by atoms with Crippen LogP contribution in [0.5, 0.6) is 6.01 Å². The molecule has 1 heterocycles. The number of nitrogens with zero attached hydrogens (tertiary/aromatic N) is 2. The fourth-order valence-corrected chi connectivity index (χ4v) is 0.970. The van der Waals surface area contributed by atoms with Crippen LogP contribution < -0.4 is 10.5 Å². The lowest BCUT2D eigenvalue weighted by molar-refractivity contribution is 0.339. The first-order valence-electron chi connectivity index (χ1n) is 3.08. The normalized spacial score (nSPS) is 9.00. The molecule has 0 atom stereocenters. The van der Waals surface area contributed by atoms with Gasteiger partial charge < -0.3 is 10.5 Å². The van der Waals surface area contributed by atoms with Gasteiger partial charge in [-0.15, -0.1) is 6.42 Å². The van der Waals surface area contributed by atoms with Crippen LogP contribution in [0.3, 0.4) is 0 Å². The summed E-state index contributed by atoms with van der Waals surface area (Å²) in [4.78, 5) is 7.67. The number of terminal acetylenes is 1. The first-order chi connectivity index (χ1) is 5.72. The fourth-order valence-electron chi connectivity index (χ4n) is 0.584. The van der Waals surface area contributed by atoms with E-state index in [0.29, 0.717) is 10.4 Å². The van der Waals surface area contributed by atoms with E-state index in [0.717, 1.165) is 0 Å². The zero-order chi connectivity index (χ0) is 8.97. The molecule has 0 spiro atoms. The Hall–Kier alpha value is -1.28. The van der Waals surface area contributed by atoms with Gasteiger partial charge in [-0.25, -0.2) is 0 Å². The topological polar surface area (TPSA) is 61.0 Å². The highest BCUT2D eigenvalue weighted by Gasteiger charge is 1.99. The quantitative estimate of drug-likeness (QED) is 0.601. The summed E-state index contributed by atoms with van der Waals surface area (Å²) in [5, 5.41) is 0. The van der Waals surface area contributed by atoms with Gasteiger partial charge in [0.05, 0.1) is 0 Å². The molecule has 5 heteroatoms. The van der Waals surface area contributed by atoms with Crippen LogP contribution in [0.15, 0.2) is 10.7 Å². The SMILES string of the molecule is C#CCOc1nc(N)cc(Br)n1. The molecule has 1 aromatic heterocycles. The molecule has 1 rings (SSSR count). The smallest absolute Gasteiger partial charge is 0.320 e. The first-order valence-corrected chi connectivity index (χ1v) is 3.88. The lowest BCUT2D eigenvalue weighted by atomic mass is 10.6. The first kappa shape index (κ1) is 8.81. The van der Waals surface area contributed by atoms with Crippen molar-refractivity contribution in [3.8, 4) is 18.4 Å². The number of hydrogen-bond donors (Lipinski definition) is 1. The molecule has 0 radical (unpaired) electrons. The van der Waals surface area contributed by atoms with E-state index in [-0.39, 0.29) is 12.6 Å². The fraction of sp³-hybridized carbons (Fsp3) is 0.143. The Morgan fingerprint density at radius 2 is 2.42 bits per heavy atom. The van der Waals surface area contributed by atoms with E-state index in [4.69, 9.17) is 16.9 Å². The van der Waals surface area contributed by atoms with Gasteiger partial charge in [0, 0.05) is 6.07 Å². The summed E-state index contributed by atoms with van der Waals surface area (Å²) in [6, 6.07) is 1.75. The number of ether oxygens (including phenoxy) is 1. The highest BCUT2D eigenvalue weighted by atomic mass is 79.9. The largest absolute Gasteiger partial charge is 0.450 e. The van der Waals surface area contributed by atoms with Crippen LogP contribution in [0.1, 0.15) is 0 Å². The molecule has 0 unspecified atom stereocenters. The van der Waals surface area contributed by atoms with Crippen molar-refractivity contribution in [2.24, 2.45) is 0 Å². The molecule has 0 bridgehead atoms. The van der Waals surface area contributed by atoms with Crippen molar-refractivity contribution in [2.45, 2.75) is 0 Å². The molecule has 4 nitrogen and oxygen atoms in total. The molecular formula is C7H6BrN3O. The summed E-state index contributed by atoms with van der Waals surface area (Å²) in [6.07, 6.45) is 4.98. The molecule has 0 aliphatic rings. The lowest BCUT2D eigenvalue weighted by Gasteiger charge is -2.00. The zero-order valence-corrected chi connectivity index (χ0v) is 7.71. The van der Waals surface area contributed by atoms with Crippen molar-refractivity contribution in [3.05, 3.63) is 10.7 Å². The minimum absolute atomic E-state index is 0.135. The predicted octanol–water partition coefficient (Wildman–Crippen LogP) is 0.833. The summed E-state index contributed by atoms with van der Waals surface area (Å²) >= 11 is 3.14. The minimum atomic E-state index is 0.135. The second-order valence-electron chi connectivity index (χ2n) is 1.89. The molecule has 2 N–H and O–H groups in total. The van der Waals surface area contributed by atoms with Crippen molar-refractivity contribution >= 4 is 21.7 Å². The van der Waals surface area contributed by atoms with Crippen molar-refractivity contribution in [1.82, 2.24) is 9.97 Å². The van der Waals surface area contributed by atoms with Gasteiger partial charge in [-0.3, -0.25) is 0 Å². The van der Waals surface area contributed by atoms with Crippen LogP contribution in [-0.4, -0.2) is 16.6 Å². The van der Waals surface area contributed by atoms with E-state index in [2.05, 4.69) is 31.8 Å². The third-order valence-electron chi connectivity index (χ3n) is 0.979. The number of nitrogen functional groups attached to an aromatic ring is 1. The predicted molar refractivity (Wildman–Crippen MR) is 48.5 cm³/mol. The number of rotatable bonds is 2. The minimum Gasteiger partial charge on any atom is -0.450 e. The molecule has 0 fully saturated rings. The van der Waals surface area contributed by atoms with E-state index in [1.54, 1.807) is 6.07 Å². The molecule has 0 aromatic carbocycles. The van der Waals surface area contributed by atoms with Crippen LogP contribution in [0.4, 0.5) is 5.82 Å². The third kappa shape index (κ3) is 2.40. The summed E-state index contributed by atoms with van der Waals surface area (Å²) in [6.45, 7) is 0.135. The van der Waals surface area contributed by atoms with Crippen LogP contribution in [0.25, 0.3) is 0 Å². The highest BCUT2D eigenvalue weighted by Crippen LogP contribution is 2.13. The van der Waals surface area contributed by atoms with Gasteiger partial charge in [-0.1, -0.05) is 5.92 Å². The van der Waals surface area contributed by atoms with Crippen molar-refractivity contribution in [2.75, 3.05) is 12.3 Å². The Balaban J connectivity index is 2.80. The molecule has 0 aliphatic heterocycles. The monoisotopic (exact) mass is 227 g/mol. The van der Waals surface area contributed by atoms with Gasteiger partial charge in [-0.05, 0) is 15.9 Å². The van der Waals surface area contributed by atoms with Gasteiger partial charge in [0.15, 0.2) is 6.61 Å². The van der Waals surface area contributed by atoms with Crippen LogP contribution in [0, 0.1) is 12.3 Å². The maximum absolute atomic E-state index is 5.42. The summed E-state index contributed by atoms with van der Waals surface area (Å²) in [5.74, 6) is 2.63. The molecule has 0 saturated heterocycles. The van der Waals surface area contributed by atoms with Gasteiger partial charge in [0.2, 0.25) is 0 Å². The number of hydrogen-bond acceptors (Lipinski definition) is 4. The van der Waals surface area contributed by atoms with E-state index in [9.17, 15) is 0 Å². The maximum Gasteiger partial charge on any atom is 0.320 e. The van der Waals surface area contributed by atoms with E-state index < -0.39 is 0 Å². The van der Waals surface area contributed by atoms with Crippen molar-refractivity contribution in [1.29, 1.82) is 0 Å². The Labute approximate surface area is 78.3 Å². The molecule has 62 valence electrons. The van der Waals surface area contributed by atoms with Gasteiger partial charge in [-0.2, -0.15) is 9.97 Å². The summed E-state index contributed by atoms with van der Waals surface area (Å²) in [5.41, 5.74) is 5.42. The second-order valence-corrected chi connectivity index (χ2v) is 2.70. The number of nitrogens with two attached hydrogens (primary N) is 1. The van der Waals surface area contributed by atoms with E-state index in [1.807, 2.05) is 0 Å². The standard InChI is InChI=1S/C7H6BrN3O/c1-2-3-12-7-10-5(8)4-6(9)11-7/h1,4H,3H2,(H2,9,10,11). The number of anilines is 1. The average Bonchev–Trinajstić information content (AvgIpc) is 1.99. The van der Waals surface area contributed by atoms with Crippen LogP contribution >= 0.6 is 15.9 Å². The van der Waals surface area contributed by atoms with Gasteiger partial charge in [0.1, 0.15) is 10.4 Å². The van der Waals surface area contributed by atoms with Crippen LogP contribution in [-0.2, 0) is 0 Å². The Morgan fingerprint density at radius 1 is 1.67 bits per heavy atom. The average molecular weight is 228 g/mol. The Kier molecular flexibility index (Phi) is 2.88. The lowest BCUT2D eigenvalue weighted by Crippen LogP contribution is -2.01. The van der Waals surface area contributed by atoms with Crippen molar-refractivity contribution < 1.29 is 4.74 Å². The molecule has 0 saturated carbocycles. The summed E-state index contributed by atoms with van der Waals surface area (Å²) in [7, 11) is 0. The van der Waals surface area contributed by atoms with E-state index >= 15 is 0 Å². The molecular weight excluding hydrogens is 222 g/mol. The second kappa shape index (κ2) is 3.93. The van der Waals surface area contributed by atoms with Gasteiger partial charge >= 0.3 is 6.01 Å². The summed E-state index contributed by atoms with van der Waals surface area (Å²) < 4.78 is 5.52. The van der Waals surface area contributed by atoms with Gasteiger partial charge in [0.25, 0.3) is 0 Å². The Morgan fingerprint density at radius 3 is 3.00 bits per heavy atom. The maximum atomic E-state index is 5.42. The van der Waals surface area contributed by atoms with Crippen LogP contribution in [0.2, 0.25) is 0 Å². The molecule has 1 aromatic rings. The molecule has 12 heavy (non-hydrogen) atoms. The van der Waals surface area contributed by atoms with Crippen molar-refractivity contribution in [3.63, 3.8) is 0 Å². The molecule has 0 amide bonds. The van der Waals surface area contributed by atoms with E-state index in [1.165, 1.54) is 0 Å². The number of aromatic nitrogens is 2.